The first kappa shape index (κ1) is 8.79. The van der Waals surface area contributed by atoms with Gasteiger partial charge in [0, 0.05) is 30.8 Å². The molecule has 1 saturated heterocycles. The molecule has 2 nitrogen and oxygen atoms in total. The smallest absolute Gasteiger partial charge is 0.157 e. The fourth-order valence-electron chi connectivity index (χ4n) is 2.33. The molecule has 0 amide bonds. The Hall–Kier alpha value is -0.790. The molecule has 1 fully saturated rings. The fraction of sp³-hybridized carbons (Fsp3) is 0.727. The molecule has 0 aromatic heterocycles. The Morgan fingerprint density at radius 2 is 2.23 bits per heavy atom. The fourth-order valence-corrected chi connectivity index (χ4v) is 2.33. The number of hydrogen-bond donors (Lipinski definition) is 0. The molecule has 0 aromatic carbocycles. The van der Waals surface area contributed by atoms with Crippen molar-refractivity contribution >= 4 is 5.78 Å². The number of ketones is 1. The molecule has 2 rings (SSSR count). The van der Waals surface area contributed by atoms with Crippen molar-refractivity contribution in [2.45, 2.75) is 45.1 Å². The van der Waals surface area contributed by atoms with Crippen LogP contribution in [0.1, 0.15) is 39.0 Å². The number of allylic oxidation sites excluding steroid dienone is 2. The number of piperidine rings is 1. The minimum Gasteiger partial charge on any atom is -0.372 e. The molecule has 2 aliphatic rings. The van der Waals surface area contributed by atoms with E-state index in [0.29, 0.717) is 11.8 Å². The Morgan fingerprint density at radius 3 is 2.85 bits per heavy atom. The van der Waals surface area contributed by atoms with Crippen molar-refractivity contribution in [3.8, 4) is 0 Å². The zero-order chi connectivity index (χ0) is 9.26. The first-order chi connectivity index (χ1) is 6.27. The van der Waals surface area contributed by atoms with E-state index in [2.05, 4.69) is 11.8 Å². The van der Waals surface area contributed by atoms with Crippen LogP contribution in [-0.2, 0) is 4.79 Å². The molecule has 0 N–H and O–H groups in total. The predicted molar refractivity (Wildman–Crippen MR) is 52.3 cm³/mol. The lowest BCUT2D eigenvalue weighted by atomic mass is 10.0. The van der Waals surface area contributed by atoms with Gasteiger partial charge in [-0.2, -0.15) is 0 Å². The summed E-state index contributed by atoms with van der Waals surface area (Å²) in [6.45, 7) is 3.42. The molecule has 1 atom stereocenters. The summed E-state index contributed by atoms with van der Waals surface area (Å²) in [4.78, 5) is 13.5. The second kappa shape index (κ2) is 3.52. The summed E-state index contributed by atoms with van der Waals surface area (Å²) in [5.41, 5.74) is 1.29. The average Bonchev–Trinajstić information content (AvgIpc) is 2.53. The highest BCUT2D eigenvalue weighted by molar-refractivity contribution is 5.92. The molecule has 0 aromatic rings. The molecule has 1 unspecified atom stereocenters. The van der Waals surface area contributed by atoms with Crippen LogP contribution in [-0.4, -0.2) is 23.3 Å². The van der Waals surface area contributed by atoms with E-state index >= 15 is 0 Å². The van der Waals surface area contributed by atoms with E-state index in [4.69, 9.17) is 0 Å². The molecule has 0 spiro atoms. The van der Waals surface area contributed by atoms with Crippen molar-refractivity contribution in [3.63, 3.8) is 0 Å². The second-order valence-electron chi connectivity index (χ2n) is 4.14. The number of carbonyl (C=O) groups excluding carboxylic acids is 1. The lowest BCUT2D eigenvalue weighted by molar-refractivity contribution is -0.114. The Morgan fingerprint density at radius 1 is 1.38 bits per heavy atom. The molecule has 1 aliphatic heterocycles. The third kappa shape index (κ3) is 1.77. The van der Waals surface area contributed by atoms with Gasteiger partial charge in [0.05, 0.1) is 0 Å². The summed E-state index contributed by atoms with van der Waals surface area (Å²) in [6.07, 6.45) is 7.48. The van der Waals surface area contributed by atoms with Crippen LogP contribution in [0.2, 0.25) is 0 Å². The summed E-state index contributed by atoms with van der Waals surface area (Å²) in [5, 5.41) is 0. The van der Waals surface area contributed by atoms with E-state index in [1.54, 1.807) is 0 Å². The molecule has 0 radical (unpaired) electrons. The van der Waals surface area contributed by atoms with Crippen LogP contribution in [0.3, 0.4) is 0 Å². The minimum atomic E-state index is 0.313. The monoisotopic (exact) mass is 179 g/mol. The number of rotatable bonds is 1. The Labute approximate surface area is 79.6 Å². The van der Waals surface area contributed by atoms with Crippen molar-refractivity contribution in [2.75, 3.05) is 6.54 Å². The number of carbonyl (C=O) groups is 1. The van der Waals surface area contributed by atoms with E-state index in [0.717, 1.165) is 19.4 Å². The molecule has 72 valence electrons. The van der Waals surface area contributed by atoms with Crippen molar-refractivity contribution < 1.29 is 4.79 Å². The molecular formula is C11H17NO. The minimum absolute atomic E-state index is 0.313. The first-order valence-corrected chi connectivity index (χ1v) is 5.27. The standard InChI is InChI=1S/C11H17NO/c1-9-4-2-3-7-12(9)10-5-6-11(13)8-10/h8-9H,2-7H2,1H3. The summed E-state index contributed by atoms with van der Waals surface area (Å²) < 4.78 is 0. The Balaban J connectivity index is 2.06. The van der Waals surface area contributed by atoms with Crippen LogP contribution < -0.4 is 0 Å². The predicted octanol–water partition coefficient (Wildman–Crippen LogP) is 2.11. The SMILES string of the molecule is CC1CCCCN1C1=CC(=O)CC1. The van der Waals surface area contributed by atoms with Crippen LogP contribution in [0.25, 0.3) is 0 Å². The number of hydrogen-bond acceptors (Lipinski definition) is 2. The highest BCUT2D eigenvalue weighted by Gasteiger charge is 2.23. The van der Waals surface area contributed by atoms with Crippen LogP contribution in [0, 0.1) is 0 Å². The zero-order valence-corrected chi connectivity index (χ0v) is 8.25. The van der Waals surface area contributed by atoms with Gasteiger partial charge in [0.1, 0.15) is 0 Å². The molecule has 1 heterocycles. The second-order valence-corrected chi connectivity index (χ2v) is 4.14. The molecule has 0 bridgehead atoms. The number of nitrogens with zero attached hydrogens (tertiary/aromatic N) is 1. The third-order valence-electron chi connectivity index (χ3n) is 3.13. The van der Waals surface area contributed by atoms with E-state index in [1.807, 2.05) is 6.08 Å². The summed E-state index contributed by atoms with van der Waals surface area (Å²) >= 11 is 0. The summed E-state index contributed by atoms with van der Waals surface area (Å²) in [5.74, 6) is 0.313. The van der Waals surface area contributed by atoms with Gasteiger partial charge in [0.2, 0.25) is 0 Å². The van der Waals surface area contributed by atoms with Gasteiger partial charge < -0.3 is 4.90 Å². The van der Waals surface area contributed by atoms with Crippen LogP contribution in [0.15, 0.2) is 11.8 Å². The van der Waals surface area contributed by atoms with Gasteiger partial charge in [-0.1, -0.05) is 0 Å². The first-order valence-electron chi connectivity index (χ1n) is 5.27. The zero-order valence-electron chi connectivity index (χ0n) is 8.25. The molecule has 1 aliphatic carbocycles. The van der Waals surface area contributed by atoms with E-state index < -0.39 is 0 Å². The van der Waals surface area contributed by atoms with Gasteiger partial charge >= 0.3 is 0 Å². The van der Waals surface area contributed by atoms with Crippen molar-refractivity contribution in [1.82, 2.24) is 4.90 Å². The lowest BCUT2D eigenvalue weighted by Gasteiger charge is -2.36. The van der Waals surface area contributed by atoms with Gasteiger partial charge in [-0.3, -0.25) is 4.79 Å². The van der Waals surface area contributed by atoms with Crippen LogP contribution in [0.4, 0.5) is 0 Å². The van der Waals surface area contributed by atoms with Gasteiger partial charge in [-0.25, -0.2) is 0 Å². The van der Waals surface area contributed by atoms with Crippen molar-refractivity contribution in [3.05, 3.63) is 11.8 Å². The molecule has 2 heteroatoms. The van der Waals surface area contributed by atoms with Gasteiger partial charge in [0.15, 0.2) is 5.78 Å². The van der Waals surface area contributed by atoms with E-state index in [-0.39, 0.29) is 0 Å². The maximum atomic E-state index is 11.1. The highest BCUT2D eigenvalue weighted by atomic mass is 16.1. The van der Waals surface area contributed by atoms with Crippen LogP contribution in [0.5, 0.6) is 0 Å². The molecular weight excluding hydrogens is 162 g/mol. The van der Waals surface area contributed by atoms with Gasteiger partial charge in [-0.15, -0.1) is 0 Å². The quantitative estimate of drug-likeness (QED) is 0.614. The topological polar surface area (TPSA) is 20.3 Å². The van der Waals surface area contributed by atoms with Gasteiger partial charge in [0.25, 0.3) is 0 Å². The highest BCUT2D eigenvalue weighted by Crippen LogP contribution is 2.26. The lowest BCUT2D eigenvalue weighted by Crippen LogP contribution is -2.36. The van der Waals surface area contributed by atoms with Crippen molar-refractivity contribution in [1.29, 1.82) is 0 Å². The Bertz CT molecular complexity index is 244. The van der Waals surface area contributed by atoms with Gasteiger partial charge in [-0.05, 0) is 32.6 Å². The van der Waals surface area contributed by atoms with E-state index in [9.17, 15) is 4.79 Å². The maximum Gasteiger partial charge on any atom is 0.157 e. The normalized spacial score (nSPS) is 29.3. The third-order valence-corrected chi connectivity index (χ3v) is 3.13. The van der Waals surface area contributed by atoms with Crippen LogP contribution >= 0.6 is 0 Å². The maximum absolute atomic E-state index is 11.1. The number of likely N-dealkylation sites (tertiary alicyclic amines) is 1. The average molecular weight is 179 g/mol. The summed E-state index contributed by atoms with van der Waals surface area (Å²) in [7, 11) is 0. The largest absolute Gasteiger partial charge is 0.372 e. The Kier molecular flexibility index (Phi) is 2.38. The molecule has 13 heavy (non-hydrogen) atoms. The van der Waals surface area contributed by atoms with E-state index in [1.165, 1.54) is 25.0 Å². The summed E-state index contributed by atoms with van der Waals surface area (Å²) in [6, 6.07) is 0.644. The molecule has 0 saturated carbocycles. The van der Waals surface area contributed by atoms with Crippen molar-refractivity contribution in [2.24, 2.45) is 0 Å².